The molecule has 1 aliphatic rings. The minimum absolute atomic E-state index is 0.500. The molecule has 0 heterocycles. The summed E-state index contributed by atoms with van der Waals surface area (Å²) in [5.74, 6) is 2.50. The van der Waals surface area contributed by atoms with E-state index in [0.29, 0.717) is 6.04 Å². The lowest BCUT2D eigenvalue weighted by molar-refractivity contribution is 0.270. The van der Waals surface area contributed by atoms with Gasteiger partial charge in [-0.15, -0.1) is 0 Å². The van der Waals surface area contributed by atoms with Crippen LogP contribution in [0.4, 0.5) is 0 Å². The molecule has 14 heavy (non-hydrogen) atoms. The first-order valence-electron chi connectivity index (χ1n) is 5.94. The van der Waals surface area contributed by atoms with Gasteiger partial charge < -0.3 is 5.73 Å². The van der Waals surface area contributed by atoms with Crippen LogP contribution in [-0.4, -0.2) is 11.9 Å². The average molecular weight is 196 g/mol. The maximum absolute atomic E-state index is 5.86. The number of hydrogen-bond acceptors (Lipinski definition) is 1. The first kappa shape index (κ1) is 11.5. The molecule has 0 radical (unpaired) electrons. The van der Waals surface area contributed by atoms with E-state index in [1.54, 1.807) is 0 Å². The fourth-order valence-corrected chi connectivity index (χ4v) is 2.57. The van der Waals surface area contributed by atoms with Crippen molar-refractivity contribution in [1.82, 2.24) is 0 Å². The highest BCUT2D eigenvalue weighted by Gasteiger charge is 2.23. The molecule has 1 aliphatic carbocycles. The molecule has 2 atom stereocenters. The van der Waals surface area contributed by atoms with Crippen LogP contribution in [0.5, 0.6) is 0 Å². The molecule has 2 N–H and O–H groups in total. The van der Waals surface area contributed by atoms with Gasteiger partial charge in [0, 0.05) is 6.42 Å². The molecule has 0 spiro atoms. The quantitative estimate of drug-likeness (QED) is 0.547. The smallest absolute Gasteiger partial charge is 0.0940 e. The molecule has 1 rings (SSSR count). The third-order valence-corrected chi connectivity index (χ3v) is 3.01. The van der Waals surface area contributed by atoms with E-state index in [4.69, 9.17) is 5.73 Å². The summed E-state index contributed by atoms with van der Waals surface area (Å²) in [4.78, 5) is 4.62. The predicted octanol–water partition coefficient (Wildman–Crippen LogP) is 2.97. The second-order valence-electron chi connectivity index (χ2n) is 4.94. The zero-order valence-corrected chi connectivity index (χ0v) is 9.79. The zero-order chi connectivity index (χ0) is 10.6. The fraction of sp³-hybridized carbons (Fsp3) is 0.917. The van der Waals surface area contributed by atoms with Crippen molar-refractivity contribution in [3.63, 3.8) is 0 Å². The molecule has 2 unspecified atom stereocenters. The highest BCUT2D eigenvalue weighted by atomic mass is 14.9. The lowest BCUT2D eigenvalue weighted by atomic mass is 9.81. The Bertz CT molecular complexity index is 188. The first-order valence-corrected chi connectivity index (χ1v) is 5.94. The van der Waals surface area contributed by atoms with Gasteiger partial charge in [-0.25, -0.2) is 0 Å². The largest absolute Gasteiger partial charge is 0.387 e. The Hall–Kier alpha value is -0.530. The second kappa shape index (κ2) is 5.38. The Morgan fingerprint density at radius 3 is 2.29 bits per heavy atom. The van der Waals surface area contributed by atoms with Crippen LogP contribution >= 0.6 is 0 Å². The molecule has 0 aromatic rings. The lowest BCUT2D eigenvalue weighted by Crippen LogP contribution is -2.25. The monoisotopic (exact) mass is 196 g/mol. The maximum Gasteiger partial charge on any atom is 0.0940 e. The van der Waals surface area contributed by atoms with Crippen LogP contribution in [0, 0.1) is 11.8 Å². The molecule has 2 nitrogen and oxygen atoms in total. The van der Waals surface area contributed by atoms with E-state index in [2.05, 4.69) is 25.8 Å². The van der Waals surface area contributed by atoms with Crippen molar-refractivity contribution in [2.75, 3.05) is 0 Å². The van der Waals surface area contributed by atoms with E-state index in [0.717, 1.165) is 30.5 Å². The van der Waals surface area contributed by atoms with Crippen molar-refractivity contribution in [2.24, 2.45) is 22.6 Å². The van der Waals surface area contributed by atoms with Gasteiger partial charge in [-0.1, -0.05) is 20.8 Å². The Kier molecular flexibility index (Phi) is 4.43. The summed E-state index contributed by atoms with van der Waals surface area (Å²) in [5, 5.41) is 0. The Balaban J connectivity index is 2.47. The maximum atomic E-state index is 5.86. The SMILES string of the molecule is CCCC(N)=NC1CC(C)CC(C)C1. The van der Waals surface area contributed by atoms with Crippen molar-refractivity contribution < 1.29 is 0 Å². The van der Waals surface area contributed by atoms with E-state index in [9.17, 15) is 0 Å². The number of amidine groups is 1. The summed E-state index contributed by atoms with van der Waals surface area (Å²) < 4.78 is 0. The first-order chi connectivity index (χ1) is 6.61. The van der Waals surface area contributed by atoms with Crippen LogP contribution in [0.15, 0.2) is 4.99 Å². The van der Waals surface area contributed by atoms with Crippen molar-refractivity contribution in [2.45, 2.75) is 58.9 Å². The molecule has 2 heteroatoms. The highest BCUT2D eigenvalue weighted by Crippen LogP contribution is 2.30. The highest BCUT2D eigenvalue weighted by molar-refractivity contribution is 5.80. The molecule has 0 saturated heterocycles. The zero-order valence-electron chi connectivity index (χ0n) is 9.79. The van der Waals surface area contributed by atoms with Crippen LogP contribution < -0.4 is 5.73 Å². The molecule has 0 amide bonds. The van der Waals surface area contributed by atoms with Gasteiger partial charge >= 0.3 is 0 Å². The van der Waals surface area contributed by atoms with Crippen molar-refractivity contribution >= 4 is 5.84 Å². The standard InChI is InChI=1S/C12H24N2/c1-4-5-12(13)14-11-7-9(2)6-10(3)8-11/h9-11H,4-8H2,1-3H3,(H2,13,14). The van der Waals surface area contributed by atoms with Crippen LogP contribution in [0.25, 0.3) is 0 Å². The fourth-order valence-electron chi connectivity index (χ4n) is 2.57. The molecule has 0 aliphatic heterocycles. The minimum Gasteiger partial charge on any atom is -0.387 e. The van der Waals surface area contributed by atoms with E-state index in [-0.39, 0.29) is 0 Å². The van der Waals surface area contributed by atoms with Gasteiger partial charge in [-0.05, 0) is 37.5 Å². The molecule has 1 fully saturated rings. The van der Waals surface area contributed by atoms with E-state index in [1.165, 1.54) is 19.3 Å². The van der Waals surface area contributed by atoms with Crippen molar-refractivity contribution in [3.05, 3.63) is 0 Å². The summed E-state index contributed by atoms with van der Waals surface area (Å²) in [6, 6.07) is 0.500. The summed E-state index contributed by atoms with van der Waals surface area (Å²) in [6.45, 7) is 6.80. The van der Waals surface area contributed by atoms with Crippen LogP contribution in [0.2, 0.25) is 0 Å². The van der Waals surface area contributed by atoms with E-state index >= 15 is 0 Å². The second-order valence-corrected chi connectivity index (χ2v) is 4.94. The van der Waals surface area contributed by atoms with Gasteiger partial charge in [0.25, 0.3) is 0 Å². The number of nitrogens with two attached hydrogens (primary N) is 1. The summed E-state index contributed by atoms with van der Waals surface area (Å²) in [5.41, 5.74) is 5.86. The van der Waals surface area contributed by atoms with Crippen LogP contribution in [0.1, 0.15) is 52.9 Å². The predicted molar refractivity (Wildman–Crippen MR) is 62.5 cm³/mol. The lowest BCUT2D eigenvalue weighted by Gasteiger charge is -2.29. The van der Waals surface area contributed by atoms with Crippen molar-refractivity contribution in [1.29, 1.82) is 0 Å². The third kappa shape index (κ3) is 3.69. The molecule has 0 aromatic carbocycles. The van der Waals surface area contributed by atoms with Crippen molar-refractivity contribution in [3.8, 4) is 0 Å². The third-order valence-electron chi connectivity index (χ3n) is 3.01. The number of nitrogens with zero attached hydrogens (tertiary/aromatic N) is 1. The van der Waals surface area contributed by atoms with E-state index < -0.39 is 0 Å². The average Bonchev–Trinajstić information content (AvgIpc) is 2.01. The molecule has 1 saturated carbocycles. The van der Waals surface area contributed by atoms with Gasteiger partial charge in [-0.3, -0.25) is 4.99 Å². The Labute approximate surface area is 88.0 Å². The van der Waals surface area contributed by atoms with Gasteiger partial charge in [-0.2, -0.15) is 0 Å². The summed E-state index contributed by atoms with van der Waals surface area (Å²) >= 11 is 0. The van der Waals surface area contributed by atoms with E-state index in [1.807, 2.05) is 0 Å². The van der Waals surface area contributed by atoms with Gasteiger partial charge in [0.05, 0.1) is 11.9 Å². The topological polar surface area (TPSA) is 38.4 Å². The molecular formula is C12H24N2. The minimum atomic E-state index is 0.500. The Morgan fingerprint density at radius 1 is 1.21 bits per heavy atom. The van der Waals surface area contributed by atoms with Crippen LogP contribution in [0.3, 0.4) is 0 Å². The molecular weight excluding hydrogens is 172 g/mol. The number of rotatable bonds is 3. The molecule has 0 aromatic heterocycles. The van der Waals surface area contributed by atoms with Gasteiger partial charge in [0.15, 0.2) is 0 Å². The Morgan fingerprint density at radius 2 is 1.79 bits per heavy atom. The van der Waals surface area contributed by atoms with Crippen LogP contribution in [-0.2, 0) is 0 Å². The van der Waals surface area contributed by atoms with Gasteiger partial charge in [0.1, 0.15) is 0 Å². The number of hydrogen-bond donors (Lipinski definition) is 1. The molecule has 82 valence electrons. The summed E-state index contributed by atoms with van der Waals surface area (Å²) in [6.07, 6.45) is 5.88. The number of aliphatic imine (C=N–C) groups is 1. The normalized spacial score (nSPS) is 34.5. The molecule has 0 bridgehead atoms. The summed E-state index contributed by atoms with van der Waals surface area (Å²) in [7, 11) is 0. The van der Waals surface area contributed by atoms with Gasteiger partial charge in [0.2, 0.25) is 0 Å².